The molecule has 0 aliphatic heterocycles. The fraction of sp³-hybridized carbons (Fsp3) is 0.417. The van der Waals surface area contributed by atoms with E-state index in [-0.39, 0.29) is 5.56 Å². The largest absolute Gasteiger partial charge is 0.573 e. The van der Waals surface area contributed by atoms with Gasteiger partial charge >= 0.3 is 6.36 Å². The third kappa shape index (κ3) is 6.47. The Labute approximate surface area is 117 Å². The average Bonchev–Trinajstić information content (AvgIpc) is 2.32. The number of hydrogen-bond acceptors (Lipinski definition) is 2. The summed E-state index contributed by atoms with van der Waals surface area (Å²) in [5.41, 5.74) is 0.139. The Hall–Kier alpha value is -1.24. The number of hydrogen-bond donors (Lipinski definition) is 1. The van der Waals surface area contributed by atoms with Crippen LogP contribution >= 0.6 is 15.9 Å². The molecule has 3 nitrogen and oxygen atoms in total. The van der Waals surface area contributed by atoms with Crippen molar-refractivity contribution < 1.29 is 22.7 Å². The minimum Gasteiger partial charge on any atom is -0.406 e. The van der Waals surface area contributed by atoms with E-state index >= 15 is 0 Å². The molecule has 0 aromatic heterocycles. The molecule has 0 aliphatic rings. The van der Waals surface area contributed by atoms with Crippen molar-refractivity contribution in [2.24, 2.45) is 0 Å². The third-order valence-corrected chi connectivity index (χ3v) is 2.74. The topological polar surface area (TPSA) is 38.3 Å². The van der Waals surface area contributed by atoms with Gasteiger partial charge in [0, 0.05) is 17.4 Å². The molecule has 1 N–H and O–H groups in total. The predicted octanol–water partition coefficient (Wildman–Crippen LogP) is 3.49. The van der Waals surface area contributed by atoms with E-state index in [1.165, 1.54) is 12.1 Å². The molecular weight excluding hydrogens is 327 g/mol. The Bertz CT molecular complexity index is 424. The van der Waals surface area contributed by atoms with Gasteiger partial charge in [-0.15, -0.1) is 13.2 Å². The van der Waals surface area contributed by atoms with Crippen LogP contribution in [0.4, 0.5) is 13.2 Å². The molecule has 19 heavy (non-hydrogen) atoms. The summed E-state index contributed by atoms with van der Waals surface area (Å²) in [5, 5.41) is 3.47. The lowest BCUT2D eigenvalue weighted by Crippen LogP contribution is -2.24. The molecule has 0 fully saturated rings. The van der Waals surface area contributed by atoms with Gasteiger partial charge in [-0.2, -0.15) is 0 Å². The lowest BCUT2D eigenvalue weighted by atomic mass is 10.2. The first-order chi connectivity index (χ1) is 8.92. The summed E-state index contributed by atoms with van der Waals surface area (Å²) in [6, 6.07) is 4.99. The van der Waals surface area contributed by atoms with E-state index in [0.29, 0.717) is 6.54 Å². The van der Waals surface area contributed by atoms with Crippen molar-refractivity contribution in [3.63, 3.8) is 0 Å². The van der Waals surface area contributed by atoms with Crippen molar-refractivity contribution >= 4 is 21.8 Å². The summed E-state index contributed by atoms with van der Waals surface area (Å²) in [4.78, 5) is 11.7. The molecule has 0 saturated carbocycles. The van der Waals surface area contributed by atoms with Gasteiger partial charge in [-0.25, -0.2) is 0 Å². The highest BCUT2D eigenvalue weighted by Crippen LogP contribution is 2.23. The van der Waals surface area contributed by atoms with Crippen molar-refractivity contribution in [3.8, 4) is 5.75 Å². The lowest BCUT2D eigenvalue weighted by Gasteiger charge is -2.10. The number of rotatable bonds is 6. The molecule has 0 bridgehead atoms. The maximum Gasteiger partial charge on any atom is 0.573 e. The summed E-state index contributed by atoms with van der Waals surface area (Å²) in [6.45, 7) is 0.481. The molecule has 106 valence electrons. The van der Waals surface area contributed by atoms with E-state index in [1.807, 2.05) is 0 Å². The second kappa shape index (κ2) is 7.37. The van der Waals surface area contributed by atoms with Crippen LogP contribution in [0, 0.1) is 0 Å². The zero-order chi connectivity index (χ0) is 14.3. The normalized spacial score (nSPS) is 11.2. The predicted molar refractivity (Wildman–Crippen MR) is 68.5 cm³/mol. The number of unbranched alkanes of at least 4 members (excludes halogenated alkanes) is 1. The van der Waals surface area contributed by atoms with E-state index in [1.54, 1.807) is 0 Å². The zero-order valence-corrected chi connectivity index (χ0v) is 11.6. The van der Waals surface area contributed by atoms with Gasteiger partial charge in [0.1, 0.15) is 5.75 Å². The molecule has 0 spiro atoms. The minimum absolute atomic E-state index is 0.139. The highest BCUT2D eigenvalue weighted by atomic mass is 79.9. The van der Waals surface area contributed by atoms with E-state index in [9.17, 15) is 18.0 Å². The fourth-order valence-corrected chi connectivity index (χ4v) is 1.75. The molecule has 7 heteroatoms. The van der Waals surface area contributed by atoms with Gasteiger partial charge in [0.05, 0.1) is 0 Å². The van der Waals surface area contributed by atoms with Gasteiger partial charge in [-0.3, -0.25) is 4.79 Å². The summed E-state index contributed by atoms with van der Waals surface area (Å²) in [5.74, 6) is -0.817. The summed E-state index contributed by atoms with van der Waals surface area (Å²) < 4.78 is 39.9. The van der Waals surface area contributed by atoms with Crippen molar-refractivity contribution in [2.45, 2.75) is 19.2 Å². The SMILES string of the molecule is O=C(NCCCCBr)c1cccc(OC(F)(F)F)c1. The van der Waals surface area contributed by atoms with Crippen molar-refractivity contribution in [2.75, 3.05) is 11.9 Å². The smallest absolute Gasteiger partial charge is 0.406 e. The molecule has 1 aromatic carbocycles. The van der Waals surface area contributed by atoms with Crippen LogP contribution in [0.25, 0.3) is 0 Å². The minimum atomic E-state index is -4.76. The van der Waals surface area contributed by atoms with Gasteiger partial charge in [-0.1, -0.05) is 22.0 Å². The van der Waals surface area contributed by atoms with Crippen molar-refractivity contribution in [1.29, 1.82) is 0 Å². The van der Waals surface area contributed by atoms with Gasteiger partial charge in [-0.05, 0) is 31.0 Å². The molecule has 1 amide bonds. The molecule has 0 heterocycles. The number of benzene rings is 1. The van der Waals surface area contributed by atoms with Crippen LogP contribution < -0.4 is 10.1 Å². The monoisotopic (exact) mass is 339 g/mol. The van der Waals surface area contributed by atoms with Crippen LogP contribution in [0.5, 0.6) is 5.75 Å². The van der Waals surface area contributed by atoms with E-state index < -0.39 is 18.0 Å². The van der Waals surface area contributed by atoms with Crippen LogP contribution in [0.15, 0.2) is 24.3 Å². The Morgan fingerprint density at radius 2 is 2.05 bits per heavy atom. The molecule has 0 unspecified atom stereocenters. The highest BCUT2D eigenvalue weighted by molar-refractivity contribution is 9.09. The number of amides is 1. The zero-order valence-electron chi connectivity index (χ0n) is 9.97. The maximum absolute atomic E-state index is 12.0. The van der Waals surface area contributed by atoms with Gasteiger partial charge in [0.25, 0.3) is 5.91 Å². The molecular formula is C12H13BrF3NO2. The first-order valence-electron chi connectivity index (χ1n) is 5.62. The van der Waals surface area contributed by atoms with Gasteiger partial charge in [0.2, 0.25) is 0 Å². The number of halogens is 4. The van der Waals surface area contributed by atoms with E-state index in [2.05, 4.69) is 26.0 Å². The van der Waals surface area contributed by atoms with E-state index in [0.717, 1.165) is 30.3 Å². The van der Waals surface area contributed by atoms with Crippen molar-refractivity contribution in [1.82, 2.24) is 5.32 Å². The summed E-state index contributed by atoms with van der Waals surface area (Å²) in [6.07, 6.45) is -3.04. The third-order valence-electron chi connectivity index (χ3n) is 2.18. The first kappa shape index (κ1) is 15.8. The van der Waals surface area contributed by atoms with Crippen LogP contribution in [0.3, 0.4) is 0 Å². The molecule has 0 saturated heterocycles. The molecule has 0 aliphatic carbocycles. The Kier molecular flexibility index (Phi) is 6.14. The Morgan fingerprint density at radius 3 is 2.68 bits per heavy atom. The Balaban J connectivity index is 2.58. The summed E-state index contributed by atoms with van der Waals surface area (Å²) in [7, 11) is 0. The van der Waals surface area contributed by atoms with Crippen LogP contribution in [0.1, 0.15) is 23.2 Å². The number of alkyl halides is 4. The Morgan fingerprint density at radius 1 is 1.32 bits per heavy atom. The number of carbonyl (C=O) groups is 1. The van der Waals surface area contributed by atoms with E-state index in [4.69, 9.17) is 0 Å². The maximum atomic E-state index is 12.0. The van der Waals surface area contributed by atoms with Crippen LogP contribution in [-0.4, -0.2) is 24.1 Å². The van der Waals surface area contributed by atoms with Crippen LogP contribution in [0.2, 0.25) is 0 Å². The van der Waals surface area contributed by atoms with Crippen molar-refractivity contribution in [3.05, 3.63) is 29.8 Å². The number of ether oxygens (including phenoxy) is 1. The molecule has 1 aromatic rings. The molecule has 1 rings (SSSR count). The quantitative estimate of drug-likeness (QED) is 0.636. The standard InChI is InChI=1S/C12H13BrF3NO2/c13-6-1-2-7-17-11(18)9-4-3-5-10(8-9)19-12(14,15)16/h3-5,8H,1-2,6-7H2,(H,17,18). The first-order valence-corrected chi connectivity index (χ1v) is 6.74. The molecule has 0 radical (unpaired) electrons. The highest BCUT2D eigenvalue weighted by Gasteiger charge is 2.31. The van der Waals surface area contributed by atoms with Gasteiger partial charge < -0.3 is 10.1 Å². The second-order valence-electron chi connectivity index (χ2n) is 3.73. The lowest BCUT2D eigenvalue weighted by molar-refractivity contribution is -0.274. The van der Waals surface area contributed by atoms with Crippen LogP contribution in [-0.2, 0) is 0 Å². The second-order valence-corrected chi connectivity index (χ2v) is 4.52. The fourth-order valence-electron chi connectivity index (χ4n) is 1.36. The average molecular weight is 340 g/mol. The van der Waals surface area contributed by atoms with Gasteiger partial charge in [0.15, 0.2) is 0 Å². The number of carbonyl (C=O) groups excluding carboxylic acids is 1. The summed E-state index contributed by atoms with van der Waals surface area (Å²) >= 11 is 3.26. The number of nitrogens with one attached hydrogen (secondary N) is 1. The molecule has 0 atom stereocenters.